The zero-order valence-corrected chi connectivity index (χ0v) is 13.8. The number of thioether (sulfide) groups is 1. The first-order chi connectivity index (χ1) is 9.45. The Bertz CT molecular complexity index is 487. The van der Waals surface area contributed by atoms with Crippen molar-refractivity contribution in [2.45, 2.75) is 13.8 Å². The molecule has 0 amide bonds. The number of aliphatic imine (C=N–C) groups is 1. The van der Waals surface area contributed by atoms with E-state index in [9.17, 15) is 4.79 Å². The summed E-state index contributed by atoms with van der Waals surface area (Å²) >= 11 is 13.4. The van der Waals surface area contributed by atoms with Crippen LogP contribution in [0.15, 0.2) is 23.2 Å². The van der Waals surface area contributed by atoms with Crippen LogP contribution in [0.1, 0.15) is 13.8 Å². The number of rotatable bonds is 4. The molecule has 0 aliphatic carbocycles. The number of esters is 1. The second kappa shape index (κ2) is 8.39. The highest BCUT2D eigenvalue weighted by Gasteiger charge is 2.11. The molecule has 110 valence electrons. The Morgan fingerprint density at radius 2 is 2.00 bits per heavy atom. The number of ether oxygens (including phenoxy) is 1. The first-order valence-corrected chi connectivity index (χ1v) is 7.67. The number of para-hydroxylation sites is 1. The van der Waals surface area contributed by atoms with Gasteiger partial charge in [0.2, 0.25) is 0 Å². The highest BCUT2D eigenvalue weighted by molar-refractivity contribution is 8.14. The molecule has 0 unspecified atom stereocenters. The lowest BCUT2D eigenvalue weighted by atomic mass is 10.2. The van der Waals surface area contributed by atoms with Crippen LogP contribution in [-0.2, 0) is 9.53 Å². The molecule has 4 nitrogen and oxygen atoms in total. The molecule has 0 aliphatic heterocycles. The Hall–Kier alpha value is -0.910. The normalized spacial score (nSPS) is 11.6. The van der Waals surface area contributed by atoms with E-state index in [1.807, 2.05) is 0 Å². The van der Waals surface area contributed by atoms with Crippen molar-refractivity contribution in [2.75, 3.05) is 18.3 Å². The van der Waals surface area contributed by atoms with Gasteiger partial charge in [0.25, 0.3) is 0 Å². The smallest absolute Gasteiger partial charge is 0.309 e. The molecule has 0 saturated carbocycles. The molecule has 0 bridgehead atoms. The Kier molecular flexibility index (Phi) is 7.19. The van der Waals surface area contributed by atoms with Gasteiger partial charge >= 0.3 is 5.97 Å². The van der Waals surface area contributed by atoms with Gasteiger partial charge in [0, 0.05) is 7.05 Å². The fraction of sp³-hybridized carbons (Fsp3) is 0.385. The third-order valence-electron chi connectivity index (χ3n) is 2.27. The SMILES string of the molecule is CN=C(Nc1c(Cl)cccc1Cl)SCOC(=O)C(C)C. The van der Waals surface area contributed by atoms with E-state index in [2.05, 4.69) is 10.3 Å². The zero-order valence-electron chi connectivity index (χ0n) is 11.4. The predicted molar refractivity (Wildman–Crippen MR) is 86.8 cm³/mol. The molecule has 7 heteroatoms. The number of carbonyl (C=O) groups excluding carboxylic acids is 1. The van der Waals surface area contributed by atoms with E-state index >= 15 is 0 Å². The summed E-state index contributed by atoms with van der Waals surface area (Å²) in [7, 11) is 1.63. The van der Waals surface area contributed by atoms with Gasteiger partial charge in [-0.05, 0) is 23.9 Å². The van der Waals surface area contributed by atoms with E-state index in [1.54, 1.807) is 39.1 Å². The highest BCUT2D eigenvalue weighted by Crippen LogP contribution is 2.30. The number of amidine groups is 1. The quantitative estimate of drug-likeness (QED) is 0.386. The van der Waals surface area contributed by atoms with Crippen molar-refractivity contribution in [3.8, 4) is 0 Å². The number of benzene rings is 1. The molecular formula is C13H16Cl2N2O2S. The number of hydrogen-bond donors (Lipinski definition) is 1. The van der Waals surface area contributed by atoms with Crippen LogP contribution in [0, 0.1) is 5.92 Å². The molecule has 1 aromatic carbocycles. The van der Waals surface area contributed by atoms with Gasteiger partial charge in [0.15, 0.2) is 5.17 Å². The molecular weight excluding hydrogens is 319 g/mol. The molecule has 0 fully saturated rings. The molecule has 1 N–H and O–H groups in total. The maximum Gasteiger partial charge on any atom is 0.309 e. The van der Waals surface area contributed by atoms with Crippen molar-refractivity contribution in [3.63, 3.8) is 0 Å². The van der Waals surface area contributed by atoms with Crippen LogP contribution < -0.4 is 5.32 Å². The van der Waals surface area contributed by atoms with Crippen molar-refractivity contribution in [1.82, 2.24) is 0 Å². The second-order valence-corrected chi connectivity index (χ2v) is 5.86. The zero-order chi connectivity index (χ0) is 15.1. The lowest BCUT2D eigenvalue weighted by Crippen LogP contribution is -2.14. The van der Waals surface area contributed by atoms with E-state index in [4.69, 9.17) is 27.9 Å². The molecule has 0 spiro atoms. The van der Waals surface area contributed by atoms with Crippen LogP contribution >= 0.6 is 35.0 Å². The number of nitrogens with zero attached hydrogens (tertiary/aromatic N) is 1. The van der Waals surface area contributed by atoms with Crippen LogP contribution in [0.2, 0.25) is 10.0 Å². The summed E-state index contributed by atoms with van der Waals surface area (Å²) in [5.41, 5.74) is 0.583. The molecule has 0 aliphatic rings. The highest BCUT2D eigenvalue weighted by atomic mass is 35.5. The topological polar surface area (TPSA) is 50.7 Å². The first kappa shape index (κ1) is 17.1. The largest absolute Gasteiger partial charge is 0.454 e. The van der Waals surface area contributed by atoms with Crippen LogP contribution in [0.3, 0.4) is 0 Å². The van der Waals surface area contributed by atoms with Crippen LogP contribution in [0.5, 0.6) is 0 Å². The Morgan fingerprint density at radius 3 is 2.50 bits per heavy atom. The number of hydrogen-bond acceptors (Lipinski definition) is 4. The summed E-state index contributed by atoms with van der Waals surface area (Å²) in [6.07, 6.45) is 0. The van der Waals surface area contributed by atoms with Gasteiger partial charge in [-0.25, -0.2) is 0 Å². The maximum absolute atomic E-state index is 11.3. The molecule has 0 aromatic heterocycles. The molecule has 0 radical (unpaired) electrons. The van der Waals surface area contributed by atoms with E-state index in [-0.39, 0.29) is 17.8 Å². The third-order valence-corrected chi connectivity index (χ3v) is 3.69. The molecule has 20 heavy (non-hydrogen) atoms. The number of carbonyl (C=O) groups is 1. The van der Waals surface area contributed by atoms with Crippen molar-refractivity contribution < 1.29 is 9.53 Å². The molecule has 0 saturated heterocycles. The molecule has 0 atom stereocenters. The van der Waals surface area contributed by atoms with Crippen molar-refractivity contribution >= 4 is 51.8 Å². The van der Waals surface area contributed by atoms with E-state index in [0.717, 1.165) is 0 Å². The summed E-state index contributed by atoms with van der Waals surface area (Å²) in [5.74, 6) is -0.217. The maximum atomic E-state index is 11.3. The molecule has 0 heterocycles. The van der Waals surface area contributed by atoms with Gasteiger partial charge in [0.05, 0.1) is 21.7 Å². The Labute approximate surface area is 132 Å². The minimum atomic E-state index is -0.247. The van der Waals surface area contributed by atoms with E-state index in [1.165, 1.54) is 11.8 Å². The minimum Gasteiger partial charge on any atom is -0.454 e. The Morgan fingerprint density at radius 1 is 1.40 bits per heavy atom. The minimum absolute atomic E-state index is 0.149. The van der Waals surface area contributed by atoms with Gasteiger partial charge in [-0.2, -0.15) is 0 Å². The van der Waals surface area contributed by atoms with Crippen LogP contribution in [-0.4, -0.2) is 24.1 Å². The van der Waals surface area contributed by atoms with Gasteiger partial charge in [-0.15, -0.1) is 0 Å². The summed E-state index contributed by atoms with van der Waals surface area (Å²) in [4.78, 5) is 15.4. The lowest BCUT2D eigenvalue weighted by Gasteiger charge is -2.12. The summed E-state index contributed by atoms with van der Waals surface area (Å²) in [5, 5.41) is 4.59. The average Bonchev–Trinajstić information content (AvgIpc) is 2.40. The summed E-state index contributed by atoms with van der Waals surface area (Å²) in [6, 6.07) is 5.22. The van der Waals surface area contributed by atoms with E-state index in [0.29, 0.717) is 20.9 Å². The van der Waals surface area contributed by atoms with E-state index < -0.39 is 0 Å². The average molecular weight is 335 g/mol. The van der Waals surface area contributed by atoms with Crippen molar-refractivity contribution in [3.05, 3.63) is 28.2 Å². The lowest BCUT2D eigenvalue weighted by molar-refractivity contribution is -0.144. The predicted octanol–water partition coefficient (Wildman–Crippen LogP) is 4.28. The van der Waals surface area contributed by atoms with Gasteiger partial charge < -0.3 is 10.1 Å². The van der Waals surface area contributed by atoms with Gasteiger partial charge in [0.1, 0.15) is 5.94 Å². The third kappa shape index (κ3) is 5.23. The van der Waals surface area contributed by atoms with Crippen molar-refractivity contribution in [1.29, 1.82) is 0 Å². The fourth-order valence-corrected chi connectivity index (χ4v) is 2.27. The van der Waals surface area contributed by atoms with Gasteiger partial charge in [-0.1, -0.05) is 43.1 Å². The van der Waals surface area contributed by atoms with Crippen LogP contribution in [0.25, 0.3) is 0 Å². The fourth-order valence-electron chi connectivity index (χ4n) is 1.19. The number of anilines is 1. The molecule has 1 rings (SSSR count). The van der Waals surface area contributed by atoms with Crippen LogP contribution in [0.4, 0.5) is 5.69 Å². The Balaban J connectivity index is 2.59. The summed E-state index contributed by atoms with van der Waals surface area (Å²) < 4.78 is 5.07. The monoisotopic (exact) mass is 334 g/mol. The molecule has 1 aromatic rings. The van der Waals surface area contributed by atoms with Crippen molar-refractivity contribution in [2.24, 2.45) is 10.9 Å². The number of nitrogens with one attached hydrogen (secondary N) is 1. The summed E-state index contributed by atoms with van der Waals surface area (Å²) in [6.45, 7) is 3.56. The first-order valence-electron chi connectivity index (χ1n) is 5.93. The number of halogens is 2. The van der Waals surface area contributed by atoms with Gasteiger partial charge in [-0.3, -0.25) is 9.79 Å². The second-order valence-electron chi connectivity index (χ2n) is 4.13. The standard InChI is InChI=1S/C13H16Cl2N2O2S/c1-8(2)12(18)19-7-20-13(16-3)17-11-9(14)5-4-6-10(11)15/h4-6,8H,7H2,1-3H3,(H,16,17).